The summed E-state index contributed by atoms with van der Waals surface area (Å²) in [5, 5.41) is 4.78. The molecule has 0 unspecified atom stereocenters. The Hall–Kier alpha value is -4.12. The molecule has 11 heteroatoms. The summed E-state index contributed by atoms with van der Waals surface area (Å²) in [6, 6.07) is 9.77. The number of aromatic amines is 1. The molecule has 4 heterocycles. The Morgan fingerprint density at radius 2 is 1.77 bits per heavy atom. The van der Waals surface area contributed by atoms with Crippen LogP contribution < -0.4 is 4.74 Å². The van der Waals surface area contributed by atoms with Crippen LogP contribution in [-0.4, -0.2) is 84.5 Å². The molecule has 1 amide bonds. The Morgan fingerprint density at radius 1 is 1.06 bits per heavy atom. The fourth-order valence-corrected chi connectivity index (χ4v) is 4.51. The average Bonchev–Trinajstić information content (AvgIpc) is 3.54. The van der Waals surface area contributed by atoms with E-state index in [2.05, 4.69) is 25.0 Å². The number of aromatic nitrogens is 5. The lowest BCUT2D eigenvalue weighted by atomic mass is 10.1. The number of nitrogens with zero attached hydrogens (tertiary/aromatic N) is 6. The minimum absolute atomic E-state index is 0.226. The van der Waals surface area contributed by atoms with Gasteiger partial charge >= 0.3 is 0 Å². The van der Waals surface area contributed by atoms with E-state index in [0.29, 0.717) is 54.5 Å². The molecule has 178 valence electrons. The highest BCUT2D eigenvalue weighted by atomic mass is 32.1. The number of amides is 1. The maximum Gasteiger partial charge on any atom is 0.295 e. The maximum absolute atomic E-state index is 13.3. The van der Waals surface area contributed by atoms with Gasteiger partial charge in [-0.05, 0) is 6.92 Å². The highest BCUT2D eigenvalue weighted by Crippen LogP contribution is 2.31. The Balaban J connectivity index is 1.37. The summed E-state index contributed by atoms with van der Waals surface area (Å²) < 4.78 is 6.97. The van der Waals surface area contributed by atoms with E-state index in [1.807, 2.05) is 30.3 Å². The number of carbonyl (C=O) groups is 2. The lowest BCUT2D eigenvalue weighted by Gasteiger charge is -2.36. The van der Waals surface area contributed by atoms with Gasteiger partial charge in [-0.25, -0.2) is 14.6 Å². The molecule has 1 aliphatic rings. The topological polar surface area (TPSA) is 109 Å². The second-order valence-electron chi connectivity index (χ2n) is 8.12. The second kappa shape index (κ2) is 9.26. The zero-order valence-electron chi connectivity index (χ0n) is 19.3. The first-order chi connectivity index (χ1) is 17.0. The van der Waals surface area contributed by atoms with E-state index in [4.69, 9.17) is 17.0 Å². The van der Waals surface area contributed by atoms with Gasteiger partial charge in [-0.2, -0.15) is 5.10 Å². The molecule has 1 aromatic carbocycles. The molecule has 0 saturated carbocycles. The predicted octanol–water partition coefficient (Wildman–Crippen LogP) is 2.16. The summed E-state index contributed by atoms with van der Waals surface area (Å²) in [6.07, 6.45) is 4.56. The second-order valence-corrected chi connectivity index (χ2v) is 8.51. The number of pyridine rings is 1. The number of Topliss-reactive ketones (excluding diaryl/α,β-unsaturated/α-hetero) is 1. The summed E-state index contributed by atoms with van der Waals surface area (Å²) >= 11 is 5.62. The molecule has 35 heavy (non-hydrogen) atoms. The Labute approximate surface area is 206 Å². The molecule has 5 rings (SSSR count). The van der Waals surface area contributed by atoms with E-state index in [9.17, 15) is 9.59 Å². The SMILES string of the molecule is COc1cnc(-n2cnc(C)n2)c2[nH]cc(C(=O)C(=O)N3CCN(C(=S)c4ccccc4)CC3)c12. The first kappa shape index (κ1) is 22.7. The molecular formula is C24H23N7O3S. The van der Waals surface area contributed by atoms with Crippen molar-refractivity contribution in [3.05, 3.63) is 66.0 Å². The molecule has 10 nitrogen and oxygen atoms in total. The van der Waals surface area contributed by atoms with Gasteiger partial charge in [0.1, 0.15) is 22.9 Å². The lowest BCUT2D eigenvalue weighted by molar-refractivity contribution is -0.127. The van der Waals surface area contributed by atoms with Gasteiger partial charge in [-0.1, -0.05) is 42.5 Å². The van der Waals surface area contributed by atoms with Crippen LogP contribution in [-0.2, 0) is 4.79 Å². The number of piperazine rings is 1. The first-order valence-electron chi connectivity index (χ1n) is 11.1. The molecule has 0 spiro atoms. The molecule has 0 bridgehead atoms. The molecule has 1 saturated heterocycles. The third kappa shape index (κ3) is 4.14. The van der Waals surface area contributed by atoms with Crippen LogP contribution in [0.25, 0.3) is 16.7 Å². The van der Waals surface area contributed by atoms with Crippen molar-refractivity contribution < 1.29 is 14.3 Å². The quantitative estimate of drug-likeness (QED) is 0.258. The molecule has 0 aliphatic carbocycles. The van der Waals surface area contributed by atoms with Crippen LogP contribution in [0.4, 0.5) is 0 Å². The highest BCUT2D eigenvalue weighted by molar-refractivity contribution is 7.80. The van der Waals surface area contributed by atoms with Crippen molar-refractivity contribution in [1.29, 1.82) is 0 Å². The number of H-pyrrole nitrogens is 1. The molecule has 1 aliphatic heterocycles. The zero-order valence-corrected chi connectivity index (χ0v) is 20.1. The third-order valence-electron chi connectivity index (χ3n) is 6.01. The molecule has 1 fully saturated rings. The molecule has 3 aromatic heterocycles. The van der Waals surface area contributed by atoms with Crippen LogP contribution in [0.3, 0.4) is 0 Å². The van der Waals surface area contributed by atoms with Crippen LogP contribution in [0.15, 0.2) is 49.1 Å². The summed E-state index contributed by atoms with van der Waals surface area (Å²) in [5.74, 6) is 0.250. The van der Waals surface area contributed by atoms with Crippen LogP contribution in [0.2, 0.25) is 0 Å². The summed E-state index contributed by atoms with van der Waals surface area (Å²) in [4.78, 5) is 42.5. The Morgan fingerprint density at radius 3 is 2.43 bits per heavy atom. The number of hydrogen-bond acceptors (Lipinski definition) is 7. The number of thiocarbonyl (C=S) groups is 1. The van der Waals surface area contributed by atoms with Gasteiger partial charge in [0, 0.05) is 37.9 Å². The number of nitrogens with one attached hydrogen (secondary N) is 1. The zero-order chi connectivity index (χ0) is 24.5. The van der Waals surface area contributed by atoms with E-state index in [1.165, 1.54) is 30.5 Å². The number of fused-ring (bicyclic) bond motifs is 1. The molecular weight excluding hydrogens is 466 g/mol. The van der Waals surface area contributed by atoms with Crippen molar-refractivity contribution in [2.75, 3.05) is 33.3 Å². The minimum Gasteiger partial charge on any atom is -0.494 e. The van der Waals surface area contributed by atoms with Crippen molar-refractivity contribution >= 4 is 39.8 Å². The number of rotatable bonds is 5. The van der Waals surface area contributed by atoms with E-state index < -0.39 is 11.7 Å². The van der Waals surface area contributed by atoms with Gasteiger partial charge in [0.25, 0.3) is 11.7 Å². The third-order valence-corrected chi connectivity index (χ3v) is 6.51. The minimum atomic E-state index is -0.611. The van der Waals surface area contributed by atoms with Crippen LogP contribution in [0.1, 0.15) is 21.7 Å². The summed E-state index contributed by atoms with van der Waals surface area (Å²) in [7, 11) is 1.49. The van der Waals surface area contributed by atoms with Crippen molar-refractivity contribution in [3.8, 4) is 11.6 Å². The van der Waals surface area contributed by atoms with Gasteiger partial charge in [0.05, 0.1) is 29.8 Å². The van der Waals surface area contributed by atoms with Crippen molar-refractivity contribution in [3.63, 3.8) is 0 Å². The normalized spacial score (nSPS) is 13.8. The number of benzene rings is 1. The highest BCUT2D eigenvalue weighted by Gasteiger charge is 2.30. The van der Waals surface area contributed by atoms with E-state index in [0.717, 1.165) is 10.6 Å². The Bertz CT molecular complexity index is 1420. The standard InChI is InChI=1S/C24H23N7O3S/c1-15-27-14-31(28-15)22-20-19(18(34-2)13-26-22)17(12-25-20)21(32)23(33)29-8-10-30(11-9-29)24(35)16-6-4-3-5-7-16/h3-7,12-14,25H,8-11H2,1-2H3. The average molecular weight is 490 g/mol. The van der Waals surface area contributed by atoms with Crippen molar-refractivity contribution in [2.24, 2.45) is 0 Å². The van der Waals surface area contributed by atoms with Crippen molar-refractivity contribution in [2.45, 2.75) is 6.92 Å². The summed E-state index contributed by atoms with van der Waals surface area (Å²) in [6.45, 7) is 3.70. The van der Waals surface area contributed by atoms with Crippen LogP contribution in [0.5, 0.6) is 5.75 Å². The largest absolute Gasteiger partial charge is 0.494 e. The number of aryl methyl sites for hydroxylation is 1. The lowest BCUT2D eigenvalue weighted by Crippen LogP contribution is -2.52. The fraction of sp³-hybridized carbons (Fsp3) is 0.250. The fourth-order valence-electron chi connectivity index (χ4n) is 4.19. The number of ether oxygens (including phenoxy) is 1. The smallest absolute Gasteiger partial charge is 0.295 e. The van der Waals surface area contributed by atoms with Gasteiger partial charge in [-0.15, -0.1) is 0 Å². The monoisotopic (exact) mass is 489 g/mol. The van der Waals surface area contributed by atoms with Crippen LogP contribution in [0, 0.1) is 6.92 Å². The number of hydrogen-bond donors (Lipinski definition) is 1. The van der Waals surface area contributed by atoms with Gasteiger partial charge < -0.3 is 19.5 Å². The first-order valence-corrected chi connectivity index (χ1v) is 11.5. The van der Waals surface area contributed by atoms with E-state index in [1.54, 1.807) is 11.8 Å². The van der Waals surface area contributed by atoms with Gasteiger partial charge in [0.2, 0.25) is 0 Å². The summed E-state index contributed by atoms with van der Waals surface area (Å²) in [5.41, 5.74) is 1.73. The van der Waals surface area contributed by atoms with Crippen LogP contribution >= 0.6 is 12.2 Å². The number of ketones is 1. The van der Waals surface area contributed by atoms with Gasteiger partial charge in [-0.3, -0.25) is 9.59 Å². The van der Waals surface area contributed by atoms with E-state index >= 15 is 0 Å². The molecule has 0 radical (unpaired) electrons. The van der Waals surface area contributed by atoms with Gasteiger partial charge in [0.15, 0.2) is 5.82 Å². The number of methoxy groups -OCH3 is 1. The molecule has 0 atom stereocenters. The molecule has 4 aromatic rings. The Kier molecular flexibility index (Phi) is 6.00. The maximum atomic E-state index is 13.3. The van der Waals surface area contributed by atoms with Crippen molar-refractivity contribution in [1.82, 2.24) is 34.5 Å². The predicted molar refractivity (Wildman–Crippen MR) is 133 cm³/mol. The molecule has 1 N–H and O–H groups in total. The van der Waals surface area contributed by atoms with E-state index in [-0.39, 0.29) is 5.56 Å². The number of carbonyl (C=O) groups excluding carboxylic acids is 2.